The van der Waals surface area contributed by atoms with Crippen LogP contribution in [-0.4, -0.2) is 35.1 Å². The third-order valence-electron chi connectivity index (χ3n) is 4.67. The summed E-state index contributed by atoms with van der Waals surface area (Å²) in [5.41, 5.74) is 1.93. The zero-order chi connectivity index (χ0) is 22.1. The van der Waals surface area contributed by atoms with Crippen LogP contribution >= 0.6 is 35.0 Å². The minimum atomic E-state index is -0.561. The molecule has 0 bridgehead atoms. The molecule has 0 saturated heterocycles. The predicted molar refractivity (Wildman–Crippen MR) is 126 cm³/mol. The number of nitrogens with one attached hydrogen (secondary N) is 1. The highest BCUT2D eigenvalue weighted by molar-refractivity contribution is 8.00. The number of carbonyl (C=O) groups is 2. The second-order valence-corrected chi connectivity index (χ2v) is 8.97. The monoisotopic (exact) mass is 466 g/mol. The molecule has 30 heavy (non-hydrogen) atoms. The van der Waals surface area contributed by atoms with Crippen molar-refractivity contribution in [2.24, 2.45) is 0 Å². The Labute approximate surface area is 193 Å². The molecule has 0 radical (unpaired) electrons. The number of hydrogen-bond donors (Lipinski definition) is 1. The molecule has 0 fully saturated rings. The van der Waals surface area contributed by atoms with Gasteiger partial charge in [-0.15, -0.1) is 11.8 Å². The molecular weight excluding hydrogens is 439 g/mol. The van der Waals surface area contributed by atoms with Crippen LogP contribution in [0.25, 0.3) is 0 Å². The molecule has 4 nitrogen and oxygen atoms in total. The van der Waals surface area contributed by atoms with E-state index in [1.807, 2.05) is 45.0 Å². The van der Waals surface area contributed by atoms with E-state index in [1.54, 1.807) is 23.1 Å². The van der Waals surface area contributed by atoms with E-state index in [1.165, 1.54) is 17.3 Å². The van der Waals surface area contributed by atoms with Crippen molar-refractivity contribution in [3.8, 4) is 0 Å². The fourth-order valence-electron chi connectivity index (χ4n) is 2.98. The van der Waals surface area contributed by atoms with Crippen LogP contribution in [0.1, 0.15) is 37.8 Å². The molecule has 0 aliphatic heterocycles. The van der Waals surface area contributed by atoms with Gasteiger partial charge in [0.1, 0.15) is 6.04 Å². The maximum absolute atomic E-state index is 13.2. The molecule has 0 spiro atoms. The Morgan fingerprint density at radius 2 is 1.80 bits per heavy atom. The fraction of sp³-hybridized carbons (Fsp3) is 0.391. The summed E-state index contributed by atoms with van der Waals surface area (Å²) in [4.78, 5) is 28.6. The van der Waals surface area contributed by atoms with Crippen LogP contribution < -0.4 is 5.32 Å². The first-order chi connectivity index (χ1) is 14.3. The molecule has 2 rings (SSSR count). The Hall–Kier alpha value is -1.69. The number of thioether (sulfide) groups is 1. The smallest absolute Gasteiger partial charge is 0.242 e. The van der Waals surface area contributed by atoms with Gasteiger partial charge in [-0.25, -0.2) is 0 Å². The maximum Gasteiger partial charge on any atom is 0.242 e. The van der Waals surface area contributed by atoms with E-state index in [2.05, 4.69) is 5.32 Å². The number of nitrogens with zero attached hydrogens (tertiary/aromatic N) is 1. The first-order valence-electron chi connectivity index (χ1n) is 10.1. The summed E-state index contributed by atoms with van der Waals surface area (Å²) in [6.45, 7) is 6.76. The van der Waals surface area contributed by atoms with Crippen LogP contribution in [0.5, 0.6) is 0 Å². The summed E-state index contributed by atoms with van der Waals surface area (Å²) in [6, 6.07) is 12.7. The van der Waals surface area contributed by atoms with E-state index in [9.17, 15) is 9.59 Å². The van der Waals surface area contributed by atoms with Crippen LogP contribution in [0.15, 0.2) is 47.4 Å². The van der Waals surface area contributed by atoms with Gasteiger partial charge in [0, 0.05) is 28.0 Å². The van der Waals surface area contributed by atoms with E-state index in [-0.39, 0.29) is 24.1 Å². The lowest BCUT2D eigenvalue weighted by molar-refractivity contribution is -0.139. The number of rotatable bonds is 10. The van der Waals surface area contributed by atoms with Gasteiger partial charge in [0.05, 0.1) is 5.75 Å². The van der Waals surface area contributed by atoms with Gasteiger partial charge in [-0.3, -0.25) is 9.59 Å². The number of carbonyl (C=O) groups excluding carboxylic acids is 2. The van der Waals surface area contributed by atoms with Crippen molar-refractivity contribution in [3.05, 3.63) is 63.6 Å². The van der Waals surface area contributed by atoms with Crippen LogP contribution in [0.3, 0.4) is 0 Å². The van der Waals surface area contributed by atoms with Gasteiger partial charge < -0.3 is 10.2 Å². The second kappa shape index (κ2) is 12.2. The van der Waals surface area contributed by atoms with E-state index in [4.69, 9.17) is 23.2 Å². The molecule has 0 aliphatic carbocycles. The number of benzene rings is 2. The maximum atomic E-state index is 13.2. The molecule has 2 aromatic carbocycles. The predicted octanol–water partition coefficient (Wildman–Crippen LogP) is 5.73. The molecule has 0 aliphatic rings. The third-order valence-corrected chi connectivity index (χ3v) is 6.26. The van der Waals surface area contributed by atoms with E-state index in [0.29, 0.717) is 23.0 Å². The third kappa shape index (κ3) is 7.22. The Morgan fingerprint density at radius 1 is 1.10 bits per heavy atom. The first kappa shape index (κ1) is 24.6. The topological polar surface area (TPSA) is 49.4 Å². The Bertz CT molecular complexity index is 859. The highest BCUT2D eigenvalue weighted by Gasteiger charge is 2.28. The highest BCUT2D eigenvalue weighted by Crippen LogP contribution is 2.25. The summed E-state index contributed by atoms with van der Waals surface area (Å²) in [5.74, 6) is -0.00513. The summed E-state index contributed by atoms with van der Waals surface area (Å²) in [5, 5.41) is 3.93. The quantitative estimate of drug-likeness (QED) is 0.454. The van der Waals surface area contributed by atoms with Crippen LogP contribution in [-0.2, 0) is 16.1 Å². The zero-order valence-corrected chi connectivity index (χ0v) is 19.9. The Balaban J connectivity index is 2.22. The van der Waals surface area contributed by atoms with Crippen molar-refractivity contribution in [2.75, 3.05) is 12.3 Å². The van der Waals surface area contributed by atoms with E-state index < -0.39 is 6.04 Å². The van der Waals surface area contributed by atoms with Crippen molar-refractivity contribution in [1.82, 2.24) is 10.2 Å². The lowest BCUT2D eigenvalue weighted by Gasteiger charge is -2.31. The molecular formula is C23H28Cl2N2O2S. The van der Waals surface area contributed by atoms with Crippen LogP contribution in [0.2, 0.25) is 10.0 Å². The van der Waals surface area contributed by atoms with Crippen molar-refractivity contribution in [2.45, 2.75) is 51.1 Å². The van der Waals surface area contributed by atoms with Crippen molar-refractivity contribution in [3.63, 3.8) is 0 Å². The van der Waals surface area contributed by atoms with E-state index in [0.717, 1.165) is 16.9 Å². The number of amides is 2. The average Bonchev–Trinajstić information content (AvgIpc) is 2.73. The van der Waals surface area contributed by atoms with Gasteiger partial charge >= 0.3 is 0 Å². The molecule has 0 aromatic heterocycles. The van der Waals surface area contributed by atoms with Gasteiger partial charge in [-0.05, 0) is 49.6 Å². The van der Waals surface area contributed by atoms with Gasteiger partial charge in [0.2, 0.25) is 11.8 Å². The first-order valence-corrected chi connectivity index (χ1v) is 11.8. The molecule has 7 heteroatoms. The Morgan fingerprint density at radius 3 is 2.40 bits per heavy atom. The Kier molecular flexibility index (Phi) is 10.0. The average molecular weight is 467 g/mol. The lowest BCUT2D eigenvalue weighted by Crippen LogP contribution is -2.49. The fourth-order valence-corrected chi connectivity index (χ4v) is 4.23. The minimum Gasteiger partial charge on any atom is -0.354 e. The van der Waals surface area contributed by atoms with Gasteiger partial charge in [0.25, 0.3) is 0 Å². The van der Waals surface area contributed by atoms with Crippen molar-refractivity contribution >= 4 is 46.8 Å². The lowest BCUT2D eigenvalue weighted by atomic mass is 10.1. The SMILES string of the molecule is CCCNC(=O)[C@H](CC)N(Cc1ccc(Cl)cc1Cl)C(=O)CSc1ccc(C)cc1. The molecule has 1 atom stereocenters. The number of hydrogen-bond acceptors (Lipinski definition) is 3. The van der Waals surface area contributed by atoms with Gasteiger partial charge in [0.15, 0.2) is 0 Å². The normalized spacial score (nSPS) is 11.8. The summed E-state index contributed by atoms with van der Waals surface area (Å²) in [6.07, 6.45) is 1.35. The molecule has 0 saturated carbocycles. The highest BCUT2D eigenvalue weighted by atomic mass is 35.5. The largest absolute Gasteiger partial charge is 0.354 e. The van der Waals surface area contributed by atoms with E-state index >= 15 is 0 Å². The molecule has 0 unspecified atom stereocenters. The second-order valence-electron chi connectivity index (χ2n) is 7.07. The molecule has 2 aromatic rings. The van der Waals surface area contributed by atoms with Crippen molar-refractivity contribution in [1.29, 1.82) is 0 Å². The summed E-state index contributed by atoms with van der Waals surface area (Å²) >= 11 is 13.8. The standard InChI is InChI=1S/C23H28Cl2N2O2S/c1-4-12-26-23(29)21(5-2)27(14-17-8-9-18(24)13-20(17)25)22(28)15-30-19-10-6-16(3)7-11-19/h6-11,13,21H,4-5,12,14-15H2,1-3H3,(H,26,29)/t21-/m0/s1. The molecule has 2 amide bonds. The van der Waals surface area contributed by atoms with Crippen LogP contribution in [0.4, 0.5) is 0 Å². The molecule has 162 valence electrons. The number of halogens is 2. The van der Waals surface area contributed by atoms with Crippen molar-refractivity contribution < 1.29 is 9.59 Å². The van der Waals surface area contributed by atoms with Crippen LogP contribution in [0, 0.1) is 6.92 Å². The molecule has 0 heterocycles. The summed E-state index contributed by atoms with van der Waals surface area (Å²) in [7, 11) is 0. The molecule has 1 N–H and O–H groups in total. The minimum absolute atomic E-state index is 0.106. The van der Waals surface area contributed by atoms with Gasteiger partial charge in [-0.2, -0.15) is 0 Å². The zero-order valence-electron chi connectivity index (χ0n) is 17.6. The van der Waals surface area contributed by atoms with Gasteiger partial charge in [-0.1, -0.05) is 60.8 Å². The summed E-state index contributed by atoms with van der Waals surface area (Å²) < 4.78 is 0. The number of aryl methyl sites for hydroxylation is 1.